The monoisotopic (exact) mass is 386 g/mol. The molecule has 0 spiro atoms. The van der Waals surface area contributed by atoms with Gasteiger partial charge in [0.25, 0.3) is 0 Å². The Morgan fingerprint density at radius 2 is 2.00 bits per heavy atom. The van der Waals surface area contributed by atoms with Gasteiger partial charge in [-0.1, -0.05) is 6.42 Å². The number of nitrogens with zero attached hydrogens (tertiary/aromatic N) is 4. The first kappa shape index (κ1) is 19.2. The molecule has 1 aliphatic carbocycles. The summed E-state index contributed by atoms with van der Waals surface area (Å²) >= 11 is 0. The van der Waals surface area contributed by atoms with E-state index in [1.165, 1.54) is 26.2 Å². The minimum atomic E-state index is -0.422. The first-order valence-corrected chi connectivity index (χ1v) is 10.5. The van der Waals surface area contributed by atoms with Crippen molar-refractivity contribution in [2.75, 3.05) is 32.7 Å². The summed E-state index contributed by atoms with van der Waals surface area (Å²) in [5, 5.41) is 0. The Balaban J connectivity index is 1.39. The molecule has 3 aliphatic rings. The van der Waals surface area contributed by atoms with Crippen molar-refractivity contribution in [2.24, 2.45) is 0 Å². The maximum absolute atomic E-state index is 13.3. The number of hydrogen-bond donors (Lipinski definition) is 0. The van der Waals surface area contributed by atoms with Crippen molar-refractivity contribution in [2.45, 2.75) is 57.2 Å². The zero-order chi connectivity index (χ0) is 19.5. The number of rotatable bonds is 4. The third-order valence-electron chi connectivity index (χ3n) is 6.32. The van der Waals surface area contributed by atoms with Gasteiger partial charge in [0.2, 0.25) is 11.8 Å². The van der Waals surface area contributed by atoms with Crippen LogP contribution in [-0.4, -0.2) is 82.4 Å². The van der Waals surface area contributed by atoms with Crippen LogP contribution < -0.4 is 4.74 Å². The zero-order valence-corrected chi connectivity index (χ0v) is 16.6. The molecule has 7 nitrogen and oxygen atoms in total. The highest BCUT2D eigenvalue weighted by Gasteiger charge is 2.41. The Labute approximate surface area is 166 Å². The van der Waals surface area contributed by atoms with Crippen molar-refractivity contribution in [3.63, 3.8) is 0 Å². The van der Waals surface area contributed by atoms with Gasteiger partial charge in [0.1, 0.15) is 17.9 Å². The van der Waals surface area contributed by atoms with Crippen molar-refractivity contribution in [1.82, 2.24) is 19.7 Å². The SMILES string of the molecule is CC(=O)N1CC(Oc2cccnc2)CC1C(=O)N1CCCN(C2CCC2)CC1. The van der Waals surface area contributed by atoms with E-state index >= 15 is 0 Å². The fraction of sp³-hybridized carbons (Fsp3) is 0.667. The summed E-state index contributed by atoms with van der Waals surface area (Å²) in [6, 6.07) is 3.96. The lowest BCUT2D eigenvalue weighted by Gasteiger charge is -2.36. The highest BCUT2D eigenvalue weighted by molar-refractivity contribution is 5.87. The predicted octanol–water partition coefficient (Wildman–Crippen LogP) is 1.54. The van der Waals surface area contributed by atoms with E-state index in [0.717, 1.165) is 32.6 Å². The highest BCUT2D eigenvalue weighted by Crippen LogP contribution is 2.27. The van der Waals surface area contributed by atoms with E-state index in [9.17, 15) is 9.59 Å². The number of pyridine rings is 1. The first-order chi connectivity index (χ1) is 13.6. The van der Waals surface area contributed by atoms with Gasteiger partial charge in [0, 0.05) is 51.8 Å². The zero-order valence-electron chi connectivity index (χ0n) is 16.6. The largest absolute Gasteiger partial charge is 0.487 e. The van der Waals surface area contributed by atoms with Crippen LogP contribution in [0.2, 0.25) is 0 Å². The fourth-order valence-electron chi connectivity index (χ4n) is 4.56. The van der Waals surface area contributed by atoms with E-state index < -0.39 is 6.04 Å². The molecule has 0 bridgehead atoms. The molecule has 2 aliphatic heterocycles. The van der Waals surface area contributed by atoms with Crippen LogP contribution in [0.3, 0.4) is 0 Å². The quantitative estimate of drug-likeness (QED) is 0.785. The van der Waals surface area contributed by atoms with E-state index in [-0.39, 0.29) is 17.9 Å². The van der Waals surface area contributed by atoms with Gasteiger partial charge in [-0.15, -0.1) is 0 Å². The number of amides is 2. The summed E-state index contributed by atoms with van der Waals surface area (Å²) in [4.78, 5) is 35.7. The number of ether oxygens (including phenoxy) is 1. The van der Waals surface area contributed by atoms with Crippen LogP contribution in [0.4, 0.5) is 0 Å². The molecule has 3 heterocycles. The van der Waals surface area contributed by atoms with E-state index in [1.807, 2.05) is 17.0 Å². The maximum atomic E-state index is 13.3. The number of likely N-dealkylation sites (tertiary alicyclic amines) is 1. The molecule has 1 saturated carbocycles. The molecule has 2 amide bonds. The number of hydrogen-bond acceptors (Lipinski definition) is 5. The Morgan fingerprint density at radius 3 is 2.68 bits per heavy atom. The van der Waals surface area contributed by atoms with E-state index in [2.05, 4.69) is 9.88 Å². The average Bonchev–Trinajstić information content (AvgIpc) is 2.92. The van der Waals surface area contributed by atoms with E-state index in [0.29, 0.717) is 24.8 Å². The van der Waals surface area contributed by atoms with Gasteiger partial charge >= 0.3 is 0 Å². The molecule has 152 valence electrons. The molecular weight excluding hydrogens is 356 g/mol. The third-order valence-corrected chi connectivity index (χ3v) is 6.32. The normalized spacial score (nSPS) is 26.6. The topological polar surface area (TPSA) is 66.0 Å². The van der Waals surface area contributed by atoms with Gasteiger partial charge in [-0.05, 0) is 31.4 Å². The van der Waals surface area contributed by atoms with Crippen molar-refractivity contribution in [3.05, 3.63) is 24.5 Å². The van der Waals surface area contributed by atoms with Crippen LogP contribution in [0, 0.1) is 0 Å². The summed E-state index contributed by atoms with van der Waals surface area (Å²) in [5.41, 5.74) is 0. The summed E-state index contributed by atoms with van der Waals surface area (Å²) in [6.07, 6.45) is 8.64. The smallest absolute Gasteiger partial charge is 0.245 e. The highest BCUT2D eigenvalue weighted by atomic mass is 16.5. The van der Waals surface area contributed by atoms with Crippen molar-refractivity contribution >= 4 is 11.8 Å². The molecule has 4 rings (SSSR count). The molecule has 2 unspecified atom stereocenters. The molecule has 3 fully saturated rings. The van der Waals surface area contributed by atoms with Gasteiger partial charge in [-0.25, -0.2) is 0 Å². The fourth-order valence-corrected chi connectivity index (χ4v) is 4.56. The predicted molar refractivity (Wildman–Crippen MR) is 105 cm³/mol. The number of carbonyl (C=O) groups is 2. The van der Waals surface area contributed by atoms with Crippen molar-refractivity contribution < 1.29 is 14.3 Å². The molecule has 2 atom stereocenters. The molecule has 1 aromatic heterocycles. The Morgan fingerprint density at radius 1 is 1.14 bits per heavy atom. The van der Waals surface area contributed by atoms with Gasteiger partial charge < -0.3 is 14.5 Å². The van der Waals surface area contributed by atoms with Crippen LogP contribution in [0.25, 0.3) is 0 Å². The molecule has 0 radical (unpaired) electrons. The second kappa shape index (κ2) is 8.47. The van der Waals surface area contributed by atoms with Gasteiger partial charge in [0.15, 0.2) is 0 Å². The molecule has 0 aromatic carbocycles. The van der Waals surface area contributed by atoms with Gasteiger partial charge in [0.05, 0.1) is 12.7 Å². The minimum Gasteiger partial charge on any atom is -0.487 e. The molecule has 28 heavy (non-hydrogen) atoms. The Bertz CT molecular complexity index is 694. The van der Waals surface area contributed by atoms with E-state index in [4.69, 9.17) is 4.74 Å². The molecule has 7 heteroatoms. The minimum absolute atomic E-state index is 0.0680. The van der Waals surface area contributed by atoms with Crippen molar-refractivity contribution in [1.29, 1.82) is 0 Å². The number of carbonyl (C=O) groups excluding carboxylic acids is 2. The lowest BCUT2D eigenvalue weighted by Crippen LogP contribution is -2.48. The second-order valence-corrected chi connectivity index (χ2v) is 8.15. The third kappa shape index (κ3) is 4.14. The lowest BCUT2D eigenvalue weighted by atomic mass is 9.91. The van der Waals surface area contributed by atoms with Gasteiger partial charge in [-0.3, -0.25) is 19.5 Å². The van der Waals surface area contributed by atoms with Crippen LogP contribution in [0.5, 0.6) is 5.75 Å². The maximum Gasteiger partial charge on any atom is 0.245 e. The van der Waals surface area contributed by atoms with Crippen LogP contribution >= 0.6 is 0 Å². The van der Waals surface area contributed by atoms with E-state index in [1.54, 1.807) is 17.3 Å². The summed E-state index contributed by atoms with van der Waals surface area (Å²) < 4.78 is 5.98. The van der Waals surface area contributed by atoms with Gasteiger partial charge in [-0.2, -0.15) is 0 Å². The number of aromatic nitrogens is 1. The Kier molecular flexibility index (Phi) is 5.80. The molecule has 0 N–H and O–H groups in total. The van der Waals surface area contributed by atoms with Crippen LogP contribution in [-0.2, 0) is 9.59 Å². The Hall–Kier alpha value is -2.15. The molecule has 2 saturated heterocycles. The van der Waals surface area contributed by atoms with Crippen LogP contribution in [0.1, 0.15) is 39.0 Å². The second-order valence-electron chi connectivity index (χ2n) is 8.15. The molecule has 1 aromatic rings. The first-order valence-electron chi connectivity index (χ1n) is 10.5. The lowest BCUT2D eigenvalue weighted by molar-refractivity contribution is -0.142. The molecular formula is C21H30N4O3. The summed E-state index contributed by atoms with van der Waals surface area (Å²) in [6.45, 7) is 5.53. The van der Waals surface area contributed by atoms with Crippen molar-refractivity contribution in [3.8, 4) is 5.75 Å². The standard InChI is InChI=1S/C21H30N4O3/c1-16(26)25-15-19(28-18-7-3-8-22-14-18)13-20(25)21(27)24-10-4-9-23(11-12-24)17-5-2-6-17/h3,7-8,14,17,19-20H,2,4-6,9-13,15H2,1H3. The van der Waals surface area contributed by atoms with Crippen LogP contribution in [0.15, 0.2) is 24.5 Å². The summed E-state index contributed by atoms with van der Waals surface area (Å²) in [7, 11) is 0. The average molecular weight is 386 g/mol. The summed E-state index contributed by atoms with van der Waals surface area (Å²) in [5.74, 6) is 0.680.